The third-order valence-electron chi connectivity index (χ3n) is 3.54. The SMILES string of the molecule is CCC(C)c1nc(N(C)CC2CC2)sc1CN. The van der Waals surface area contributed by atoms with Gasteiger partial charge in [0.25, 0.3) is 0 Å². The van der Waals surface area contributed by atoms with E-state index in [1.807, 2.05) is 0 Å². The highest BCUT2D eigenvalue weighted by Crippen LogP contribution is 2.35. The van der Waals surface area contributed by atoms with Crippen LogP contribution in [0, 0.1) is 5.92 Å². The molecule has 1 heterocycles. The molecule has 0 amide bonds. The van der Waals surface area contributed by atoms with Crippen molar-refractivity contribution >= 4 is 16.5 Å². The van der Waals surface area contributed by atoms with Crippen LogP contribution in [-0.4, -0.2) is 18.6 Å². The number of hydrogen-bond acceptors (Lipinski definition) is 4. The van der Waals surface area contributed by atoms with Gasteiger partial charge in [-0.15, -0.1) is 11.3 Å². The molecule has 0 aromatic carbocycles. The van der Waals surface area contributed by atoms with Gasteiger partial charge >= 0.3 is 0 Å². The van der Waals surface area contributed by atoms with Gasteiger partial charge in [-0.2, -0.15) is 0 Å². The lowest BCUT2D eigenvalue weighted by Crippen LogP contribution is -2.19. The second-order valence-corrected chi connectivity index (χ2v) is 6.20. The van der Waals surface area contributed by atoms with Gasteiger partial charge in [0.2, 0.25) is 0 Å². The molecule has 0 aliphatic heterocycles. The largest absolute Gasteiger partial charge is 0.351 e. The van der Waals surface area contributed by atoms with Crippen LogP contribution >= 0.6 is 11.3 Å². The van der Waals surface area contributed by atoms with E-state index in [2.05, 4.69) is 25.8 Å². The van der Waals surface area contributed by atoms with Gasteiger partial charge in [-0.05, 0) is 31.1 Å². The number of thiazole rings is 1. The van der Waals surface area contributed by atoms with Crippen LogP contribution in [0.1, 0.15) is 49.6 Å². The molecule has 1 saturated carbocycles. The van der Waals surface area contributed by atoms with Crippen LogP contribution in [-0.2, 0) is 6.54 Å². The minimum Gasteiger partial charge on any atom is -0.351 e. The molecule has 0 saturated heterocycles. The van der Waals surface area contributed by atoms with Crippen molar-refractivity contribution in [3.63, 3.8) is 0 Å². The smallest absolute Gasteiger partial charge is 0.185 e. The Labute approximate surface area is 108 Å². The fourth-order valence-corrected chi connectivity index (χ4v) is 3.03. The van der Waals surface area contributed by atoms with E-state index >= 15 is 0 Å². The Morgan fingerprint density at radius 2 is 2.24 bits per heavy atom. The lowest BCUT2D eigenvalue weighted by Gasteiger charge is -2.14. The zero-order valence-corrected chi connectivity index (χ0v) is 11.9. The molecule has 1 aliphatic carbocycles. The van der Waals surface area contributed by atoms with Crippen molar-refractivity contribution in [1.29, 1.82) is 0 Å². The van der Waals surface area contributed by atoms with E-state index in [9.17, 15) is 0 Å². The Morgan fingerprint density at radius 1 is 1.53 bits per heavy atom. The van der Waals surface area contributed by atoms with Gasteiger partial charge < -0.3 is 10.6 Å². The third-order valence-corrected chi connectivity index (χ3v) is 4.74. The Balaban J connectivity index is 2.13. The van der Waals surface area contributed by atoms with Crippen molar-refractivity contribution in [3.8, 4) is 0 Å². The molecule has 2 rings (SSSR count). The van der Waals surface area contributed by atoms with E-state index < -0.39 is 0 Å². The summed E-state index contributed by atoms with van der Waals surface area (Å²) in [6.07, 6.45) is 3.90. The topological polar surface area (TPSA) is 42.2 Å². The van der Waals surface area contributed by atoms with Crippen LogP contribution in [0.4, 0.5) is 5.13 Å². The maximum absolute atomic E-state index is 5.82. The fraction of sp³-hybridized carbons (Fsp3) is 0.769. The Bertz CT molecular complexity index is 371. The molecule has 1 atom stereocenters. The van der Waals surface area contributed by atoms with Crippen molar-refractivity contribution in [2.45, 2.75) is 45.6 Å². The van der Waals surface area contributed by atoms with Crippen molar-refractivity contribution in [1.82, 2.24) is 4.98 Å². The van der Waals surface area contributed by atoms with Gasteiger partial charge in [0, 0.05) is 25.0 Å². The molecule has 1 aliphatic rings. The number of nitrogens with zero attached hydrogens (tertiary/aromatic N) is 2. The maximum Gasteiger partial charge on any atom is 0.185 e. The summed E-state index contributed by atoms with van der Waals surface area (Å²) in [6.45, 7) is 6.21. The zero-order valence-electron chi connectivity index (χ0n) is 11.1. The van der Waals surface area contributed by atoms with Crippen molar-refractivity contribution < 1.29 is 0 Å². The molecule has 2 N–H and O–H groups in total. The van der Waals surface area contributed by atoms with E-state index in [1.165, 1.54) is 23.4 Å². The van der Waals surface area contributed by atoms with E-state index in [0.717, 1.165) is 24.0 Å². The first-order valence-corrected chi connectivity index (χ1v) is 7.38. The predicted molar refractivity (Wildman–Crippen MR) is 74.7 cm³/mol. The summed E-state index contributed by atoms with van der Waals surface area (Å²) in [5.74, 6) is 1.42. The number of anilines is 1. The molecule has 1 aromatic rings. The monoisotopic (exact) mass is 253 g/mol. The first-order valence-electron chi connectivity index (χ1n) is 6.56. The molecule has 1 aromatic heterocycles. The van der Waals surface area contributed by atoms with Gasteiger partial charge in [0.15, 0.2) is 5.13 Å². The zero-order chi connectivity index (χ0) is 12.4. The van der Waals surface area contributed by atoms with Crippen LogP contribution in [0.2, 0.25) is 0 Å². The Morgan fingerprint density at radius 3 is 2.76 bits per heavy atom. The Hall–Kier alpha value is -0.610. The number of hydrogen-bond donors (Lipinski definition) is 1. The number of rotatable bonds is 6. The summed E-state index contributed by atoms with van der Waals surface area (Å²) in [4.78, 5) is 8.36. The number of nitrogens with two attached hydrogens (primary N) is 1. The van der Waals surface area contributed by atoms with E-state index in [4.69, 9.17) is 10.7 Å². The second-order valence-electron chi connectivity index (χ2n) is 5.14. The van der Waals surface area contributed by atoms with Gasteiger partial charge in [-0.25, -0.2) is 4.98 Å². The van der Waals surface area contributed by atoms with E-state index in [-0.39, 0.29) is 0 Å². The van der Waals surface area contributed by atoms with E-state index in [1.54, 1.807) is 11.3 Å². The van der Waals surface area contributed by atoms with Gasteiger partial charge in [0.1, 0.15) is 0 Å². The standard InChI is InChI=1S/C13H23N3S/c1-4-9(2)12-11(7-14)17-13(15-12)16(3)8-10-5-6-10/h9-10H,4-8,14H2,1-3H3. The lowest BCUT2D eigenvalue weighted by atomic mass is 10.0. The van der Waals surface area contributed by atoms with Crippen LogP contribution in [0.5, 0.6) is 0 Å². The molecular formula is C13H23N3S. The molecule has 0 radical (unpaired) electrons. The molecular weight excluding hydrogens is 230 g/mol. The molecule has 1 unspecified atom stereocenters. The summed E-state index contributed by atoms with van der Waals surface area (Å²) in [7, 11) is 2.15. The molecule has 4 heteroatoms. The highest BCUT2D eigenvalue weighted by Gasteiger charge is 2.25. The highest BCUT2D eigenvalue weighted by atomic mass is 32.1. The quantitative estimate of drug-likeness (QED) is 0.847. The van der Waals surface area contributed by atoms with Crippen LogP contribution < -0.4 is 10.6 Å². The van der Waals surface area contributed by atoms with Gasteiger partial charge in [-0.1, -0.05) is 13.8 Å². The van der Waals surface area contributed by atoms with Crippen molar-refractivity contribution in [3.05, 3.63) is 10.6 Å². The normalized spacial score (nSPS) is 17.2. The average Bonchev–Trinajstić information content (AvgIpc) is 3.03. The average molecular weight is 253 g/mol. The van der Waals surface area contributed by atoms with Crippen LogP contribution in [0.25, 0.3) is 0 Å². The van der Waals surface area contributed by atoms with Crippen molar-refractivity contribution in [2.24, 2.45) is 11.7 Å². The first kappa shape index (κ1) is 12.8. The minimum absolute atomic E-state index is 0.521. The molecule has 96 valence electrons. The Kier molecular flexibility index (Phi) is 4.05. The molecule has 0 bridgehead atoms. The number of aromatic nitrogens is 1. The molecule has 3 nitrogen and oxygen atoms in total. The second kappa shape index (κ2) is 5.36. The summed E-state index contributed by atoms with van der Waals surface area (Å²) in [6, 6.07) is 0. The first-order chi connectivity index (χ1) is 8.15. The summed E-state index contributed by atoms with van der Waals surface area (Å²) in [5.41, 5.74) is 7.04. The summed E-state index contributed by atoms with van der Waals surface area (Å²) in [5, 5.41) is 1.15. The molecule has 1 fully saturated rings. The van der Waals surface area contributed by atoms with E-state index in [0.29, 0.717) is 12.5 Å². The predicted octanol–water partition coefficient (Wildman–Crippen LogP) is 2.96. The summed E-state index contributed by atoms with van der Waals surface area (Å²) < 4.78 is 0. The van der Waals surface area contributed by atoms with Gasteiger partial charge in [-0.3, -0.25) is 0 Å². The third kappa shape index (κ3) is 2.99. The molecule has 17 heavy (non-hydrogen) atoms. The van der Waals surface area contributed by atoms with Gasteiger partial charge in [0.05, 0.1) is 5.69 Å². The van der Waals surface area contributed by atoms with Crippen molar-refractivity contribution in [2.75, 3.05) is 18.5 Å². The maximum atomic E-state index is 5.82. The minimum atomic E-state index is 0.521. The molecule has 0 spiro atoms. The highest BCUT2D eigenvalue weighted by molar-refractivity contribution is 7.15. The lowest BCUT2D eigenvalue weighted by molar-refractivity contribution is 0.700. The summed E-state index contributed by atoms with van der Waals surface area (Å²) >= 11 is 1.77. The van der Waals surface area contributed by atoms with Crippen LogP contribution in [0.3, 0.4) is 0 Å². The van der Waals surface area contributed by atoms with Crippen LogP contribution in [0.15, 0.2) is 0 Å². The fourth-order valence-electron chi connectivity index (χ4n) is 2.00.